The summed E-state index contributed by atoms with van der Waals surface area (Å²) in [5, 5.41) is 0. The Morgan fingerprint density at radius 2 is 1.24 bits per heavy atom. The fourth-order valence-corrected chi connectivity index (χ4v) is 3.46. The summed E-state index contributed by atoms with van der Waals surface area (Å²) in [6.07, 6.45) is 10.5. The maximum atomic E-state index is 6.21. The van der Waals surface area contributed by atoms with E-state index < -0.39 is 0 Å². The van der Waals surface area contributed by atoms with Crippen LogP contribution in [0.4, 0.5) is 17.3 Å². The summed E-state index contributed by atoms with van der Waals surface area (Å²) >= 11 is 0. The Bertz CT molecular complexity index is 444. The molecule has 2 saturated heterocycles. The predicted molar refractivity (Wildman–Crippen MR) is 90.0 cm³/mol. The molecule has 0 spiro atoms. The number of nitrogens with zero attached hydrogens (tertiary/aromatic N) is 3. The van der Waals surface area contributed by atoms with Crippen molar-refractivity contribution in [2.45, 2.75) is 51.4 Å². The molecule has 0 saturated carbocycles. The molecule has 4 nitrogen and oxygen atoms in total. The van der Waals surface area contributed by atoms with Gasteiger partial charge in [0.2, 0.25) is 0 Å². The highest BCUT2D eigenvalue weighted by Gasteiger charge is 2.17. The fraction of sp³-hybridized carbons (Fsp3) is 0.706. The minimum absolute atomic E-state index is 0.829. The molecule has 21 heavy (non-hydrogen) atoms. The van der Waals surface area contributed by atoms with Crippen LogP contribution in [-0.4, -0.2) is 31.2 Å². The number of hydrogen-bond donors (Lipinski definition) is 1. The number of nitrogen functional groups attached to an aromatic ring is 1. The first-order chi connectivity index (χ1) is 10.3. The van der Waals surface area contributed by atoms with Gasteiger partial charge in [0.25, 0.3) is 0 Å². The molecular weight excluding hydrogens is 260 g/mol. The van der Waals surface area contributed by atoms with Crippen LogP contribution < -0.4 is 15.5 Å². The first kappa shape index (κ1) is 14.5. The van der Waals surface area contributed by atoms with Crippen molar-refractivity contribution in [3.63, 3.8) is 0 Å². The zero-order valence-corrected chi connectivity index (χ0v) is 13.1. The highest BCUT2D eigenvalue weighted by atomic mass is 15.2. The highest BCUT2D eigenvalue weighted by Crippen LogP contribution is 2.27. The molecule has 3 heterocycles. The van der Waals surface area contributed by atoms with Crippen LogP contribution in [0.1, 0.15) is 51.4 Å². The van der Waals surface area contributed by atoms with Crippen LogP contribution >= 0.6 is 0 Å². The molecule has 3 rings (SSSR count). The van der Waals surface area contributed by atoms with Crippen molar-refractivity contribution in [3.05, 3.63) is 12.1 Å². The molecule has 0 radical (unpaired) electrons. The SMILES string of the molecule is Nc1ccc(N2CCCCCC2)nc1N1CCCCCC1. The summed E-state index contributed by atoms with van der Waals surface area (Å²) in [5.41, 5.74) is 7.04. The van der Waals surface area contributed by atoms with E-state index in [4.69, 9.17) is 10.7 Å². The van der Waals surface area contributed by atoms with Gasteiger partial charge >= 0.3 is 0 Å². The fourth-order valence-electron chi connectivity index (χ4n) is 3.46. The minimum Gasteiger partial charge on any atom is -0.396 e. The third-order valence-electron chi connectivity index (χ3n) is 4.73. The second-order valence-electron chi connectivity index (χ2n) is 6.38. The largest absolute Gasteiger partial charge is 0.396 e. The Balaban J connectivity index is 1.81. The van der Waals surface area contributed by atoms with Gasteiger partial charge in [-0.15, -0.1) is 0 Å². The summed E-state index contributed by atoms with van der Waals surface area (Å²) in [5.74, 6) is 2.13. The topological polar surface area (TPSA) is 45.4 Å². The molecule has 2 N–H and O–H groups in total. The summed E-state index contributed by atoms with van der Waals surface area (Å²) in [6.45, 7) is 4.47. The normalized spacial score (nSPS) is 21.0. The summed E-state index contributed by atoms with van der Waals surface area (Å²) in [4.78, 5) is 9.76. The molecule has 0 amide bonds. The number of anilines is 3. The lowest BCUT2D eigenvalue weighted by Crippen LogP contribution is -2.29. The molecule has 4 heteroatoms. The van der Waals surface area contributed by atoms with Gasteiger partial charge < -0.3 is 15.5 Å². The van der Waals surface area contributed by atoms with Gasteiger partial charge in [-0.05, 0) is 37.8 Å². The van der Waals surface area contributed by atoms with E-state index in [1.54, 1.807) is 0 Å². The Kier molecular flexibility index (Phi) is 4.84. The van der Waals surface area contributed by atoms with Crippen molar-refractivity contribution < 1.29 is 0 Å². The standard InChI is InChI=1S/C17H28N4/c18-15-9-10-16(20-11-5-1-2-6-12-20)19-17(15)21-13-7-3-4-8-14-21/h9-10H,1-8,11-14,18H2. The van der Waals surface area contributed by atoms with Gasteiger partial charge in [0.15, 0.2) is 5.82 Å². The van der Waals surface area contributed by atoms with Crippen LogP contribution in [0.2, 0.25) is 0 Å². The van der Waals surface area contributed by atoms with Crippen LogP contribution in [0.3, 0.4) is 0 Å². The van der Waals surface area contributed by atoms with Crippen molar-refractivity contribution in [1.29, 1.82) is 0 Å². The number of aromatic nitrogens is 1. The van der Waals surface area contributed by atoms with Gasteiger partial charge in [0, 0.05) is 26.2 Å². The molecule has 1 aromatic rings. The third kappa shape index (κ3) is 3.60. The van der Waals surface area contributed by atoms with Crippen LogP contribution in [0.5, 0.6) is 0 Å². The predicted octanol–water partition coefficient (Wildman–Crippen LogP) is 3.42. The maximum Gasteiger partial charge on any atom is 0.154 e. The number of hydrogen-bond acceptors (Lipinski definition) is 4. The van der Waals surface area contributed by atoms with Crippen molar-refractivity contribution >= 4 is 17.3 Å². The number of nitrogens with two attached hydrogens (primary N) is 1. The smallest absolute Gasteiger partial charge is 0.154 e. The average molecular weight is 288 g/mol. The first-order valence-electron chi connectivity index (χ1n) is 8.61. The quantitative estimate of drug-likeness (QED) is 0.905. The van der Waals surface area contributed by atoms with Gasteiger partial charge in [-0.3, -0.25) is 0 Å². The molecule has 2 fully saturated rings. The monoisotopic (exact) mass is 288 g/mol. The van der Waals surface area contributed by atoms with E-state index in [2.05, 4.69) is 15.9 Å². The molecule has 2 aliphatic rings. The van der Waals surface area contributed by atoms with Gasteiger partial charge in [0.1, 0.15) is 5.82 Å². The summed E-state index contributed by atoms with van der Waals surface area (Å²) < 4.78 is 0. The van der Waals surface area contributed by atoms with Gasteiger partial charge in [0.05, 0.1) is 5.69 Å². The van der Waals surface area contributed by atoms with E-state index >= 15 is 0 Å². The molecule has 2 aliphatic heterocycles. The molecule has 0 unspecified atom stereocenters. The van der Waals surface area contributed by atoms with E-state index in [1.165, 1.54) is 51.4 Å². The Hall–Kier alpha value is -1.45. The second-order valence-corrected chi connectivity index (χ2v) is 6.38. The van der Waals surface area contributed by atoms with Gasteiger partial charge in [-0.25, -0.2) is 4.98 Å². The van der Waals surface area contributed by atoms with Crippen LogP contribution in [-0.2, 0) is 0 Å². The van der Waals surface area contributed by atoms with Gasteiger partial charge in [-0.1, -0.05) is 25.7 Å². The molecule has 116 valence electrons. The van der Waals surface area contributed by atoms with Crippen molar-refractivity contribution in [2.75, 3.05) is 41.7 Å². The maximum absolute atomic E-state index is 6.21. The zero-order valence-electron chi connectivity index (χ0n) is 13.1. The number of pyridine rings is 1. The number of rotatable bonds is 2. The lowest BCUT2D eigenvalue weighted by atomic mass is 10.2. The third-order valence-corrected chi connectivity index (χ3v) is 4.73. The van der Waals surface area contributed by atoms with Crippen molar-refractivity contribution in [1.82, 2.24) is 4.98 Å². The molecule has 0 aromatic carbocycles. The van der Waals surface area contributed by atoms with E-state index in [0.717, 1.165) is 43.5 Å². The lowest BCUT2D eigenvalue weighted by molar-refractivity contribution is 0.726. The summed E-state index contributed by atoms with van der Waals surface area (Å²) in [7, 11) is 0. The molecule has 0 atom stereocenters. The van der Waals surface area contributed by atoms with Crippen molar-refractivity contribution in [2.24, 2.45) is 0 Å². The van der Waals surface area contributed by atoms with Crippen LogP contribution in [0.15, 0.2) is 12.1 Å². The average Bonchev–Trinajstić information content (AvgIpc) is 2.92. The Morgan fingerprint density at radius 3 is 1.81 bits per heavy atom. The highest BCUT2D eigenvalue weighted by molar-refractivity contribution is 5.66. The van der Waals surface area contributed by atoms with Gasteiger partial charge in [-0.2, -0.15) is 0 Å². The zero-order chi connectivity index (χ0) is 14.5. The Morgan fingerprint density at radius 1 is 0.714 bits per heavy atom. The minimum atomic E-state index is 0.829. The van der Waals surface area contributed by atoms with E-state index in [-0.39, 0.29) is 0 Å². The molecule has 1 aromatic heterocycles. The van der Waals surface area contributed by atoms with Crippen LogP contribution in [0.25, 0.3) is 0 Å². The van der Waals surface area contributed by atoms with E-state index in [1.807, 2.05) is 6.07 Å². The van der Waals surface area contributed by atoms with E-state index in [0.29, 0.717) is 0 Å². The van der Waals surface area contributed by atoms with E-state index in [9.17, 15) is 0 Å². The lowest BCUT2D eigenvalue weighted by Gasteiger charge is -2.27. The summed E-state index contributed by atoms with van der Waals surface area (Å²) in [6, 6.07) is 4.15. The molecule has 0 bridgehead atoms. The molecular formula is C17H28N4. The second kappa shape index (κ2) is 7.01. The molecule has 0 aliphatic carbocycles. The van der Waals surface area contributed by atoms with Crippen LogP contribution in [0, 0.1) is 0 Å². The first-order valence-corrected chi connectivity index (χ1v) is 8.61. The van der Waals surface area contributed by atoms with Crippen molar-refractivity contribution in [3.8, 4) is 0 Å². The Labute approximate surface area is 128 Å².